The average Bonchev–Trinajstić information content (AvgIpc) is 2.93. The predicted molar refractivity (Wildman–Crippen MR) is 143 cm³/mol. The summed E-state index contributed by atoms with van der Waals surface area (Å²) < 4.78 is 10.7. The molecule has 38 heavy (non-hydrogen) atoms. The summed E-state index contributed by atoms with van der Waals surface area (Å²) in [5, 5.41) is 10.2. The molecule has 10 nitrogen and oxygen atoms in total. The molecule has 0 aliphatic carbocycles. The molecular formula is C28H34N4O6. The van der Waals surface area contributed by atoms with Gasteiger partial charge in [-0.15, -0.1) is 13.2 Å². The SMILES string of the molecule is C=CCNC(=O)O[C@@H](C(=O)NC(C)c1ccccc1)[C@@H](OC(=O)NCC=C)C(=O)NC(C)c1ccccc1. The molecule has 2 unspecified atom stereocenters. The van der Waals surface area contributed by atoms with E-state index in [1.807, 2.05) is 60.7 Å². The number of nitrogens with one attached hydrogen (secondary N) is 4. The normalized spacial score (nSPS) is 13.4. The van der Waals surface area contributed by atoms with Crippen molar-refractivity contribution in [3.8, 4) is 0 Å². The first kappa shape index (κ1) is 29.6. The summed E-state index contributed by atoms with van der Waals surface area (Å²) in [6.07, 6.45) is -2.80. The molecule has 10 heteroatoms. The zero-order valence-corrected chi connectivity index (χ0v) is 21.5. The molecule has 4 atom stereocenters. The first-order valence-corrected chi connectivity index (χ1v) is 12.1. The third-order valence-corrected chi connectivity index (χ3v) is 5.36. The van der Waals surface area contributed by atoms with E-state index in [0.717, 1.165) is 11.1 Å². The molecule has 0 fully saturated rings. The Kier molecular flexibility index (Phi) is 12.1. The molecule has 2 aromatic carbocycles. The van der Waals surface area contributed by atoms with E-state index in [0.29, 0.717) is 0 Å². The number of carbonyl (C=O) groups excluding carboxylic acids is 4. The Hall–Kier alpha value is -4.60. The smallest absolute Gasteiger partial charge is 0.408 e. The molecule has 0 aromatic heterocycles. The Morgan fingerprint density at radius 2 is 1.03 bits per heavy atom. The van der Waals surface area contributed by atoms with Crippen LogP contribution in [0.2, 0.25) is 0 Å². The van der Waals surface area contributed by atoms with Crippen molar-refractivity contribution in [3.63, 3.8) is 0 Å². The number of hydrogen-bond acceptors (Lipinski definition) is 6. The van der Waals surface area contributed by atoms with Crippen molar-refractivity contribution in [2.24, 2.45) is 0 Å². The van der Waals surface area contributed by atoms with Crippen LogP contribution in [0.5, 0.6) is 0 Å². The van der Waals surface area contributed by atoms with Gasteiger partial charge in [0, 0.05) is 13.1 Å². The fourth-order valence-electron chi connectivity index (χ4n) is 3.37. The van der Waals surface area contributed by atoms with Crippen LogP contribution in [0.25, 0.3) is 0 Å². The monoisotopic (exact) mass is 522 g/mol. The minimum absolute atomic E-state index is 0.0518. The van der Waals surface area contributed by atoms with Gasteiger partial charge < -0.3 is 30.7 Å². The quantitative estimate of drug-likeness (QED) is 0.298. The summed E-state index contributed by atoms with van der Waals surface area (Å²) in [6, 6.07) is 17.1. The van der Waals surface area contributed by atoms with Crippen molar-refractivity contribution in [1.82, 2.24) is 21.3 Å². The largest absolute Gasteiger partial charge is 0.431 e. The minimum Gasteiger partial charge on any atom is -0.431 e. The highest BCUT2D eigenvalue weighted by Gasteiger charge is 2.41. The fraction of sp³-hybridized carbons (Fsp3) is 0.286. The lowest BCUT2D eigenvalue weighted by Crippen LogP contribution is -2.55. The summed E-state index contributed by atoms with van der Waals surface area (Å²) in [7, 11) is 0. The van der Waals surface area contributed by atoms with Gasteiger partial charge >= 0.3 is 12.2 Å². The maximum atomic E-state index is 13.4. The van der Waals surface area contributed by atoms with Gasteiger partial charge in [0.15, 0.2) is 0 Å². The topological polar surface area (TPSA) is 135 Å². The predicted octanol–water partition coefficient (Wildman–Crippen LogP) is 3.30. The zero-order chi connectivity index (χ0) is 27.9. The van der Waals surface area contributed by atoms with Crippen molar-refractivity contribution in [2.45, 2.75) is 38.1 Å². The standard InChI is InChI=1S/C28H34N4O6/c1-5-17-29-27(35)37-23(25(33)31-19(3)21-13-9-7-10-14-21)24(38-28(36)30-18-6-2)26(34)32-20(4)22-15-11-8-12-16-22/h5-16,19-20,23-24H,1-2,17-18H2,3-4H3,(H,29,35)(H,30,36)(H,31,33)(H,32,34)/t19?,20?,23-,24-/m1/s1. The highest BCUT2D eigenvalue weighted by atomic mass is 16.6. The van der Waals surface area contributed by atoms with Gasteiger partial charge in [-0.3, -0.25) is 9.59 Å². The summed E-state index contributed by atoms with van der Waals surface area (Å²) >= 11 is 0. The third-order valence-electron chi connectivity index (χ3n) is 5.36. The van der Waals surface area contributed by atoms with E-state index in [1.165, 1.54) is 12.2 Å². The lowest BCUT2D eigenvalue weighted by atomic mass is 10.1. The second-order valence-corrected chi connectivity index (χ2v) is 8.27. The number of carbonyl (C=O) groups is 4. The second-order valence-electron chi connectivity index (χ2n) is 8.27. The van der Waals surface area contributed by atoms with Gasteiger partial charge in [-0.05, 0) is 25.0 Å². The van der Waals surface area contributed by atoms with Crippen LogP contribution in [0.3, 0.4) is 0 Å². The van der Waals surface area contributed by atoms with E-state index in [4.69, 9.17) is 9.47 Å². The summed E-state index contributed by atoms with van der Waals surface area (Å²) in [5.41, 5.74) is 1.55. The Morgan fingerprint density at radius 3 is 1.34 bits per heavy atom. The average molecular weight is 523 g/mol. The number of ether oxygens (including phenoxy) is 2. The van der Waals surface area contributed by atoms with Crippen LogP contribution in [0.4, 0.5) is 9.59 Å². The van der Waals surface area contributed by atoms with Crippen LogP contribution in [0, 0.1) is 0 Å². The molecule has 0 spiro atoms. The van der Waals surface area contributed by atoms with E-state index in [9.17, 15) is 19.2 Å². The first-order valence-electron chi connectivity index (χ1n) is 12.1. The first-order chi connectivity index (χ1) is 18.3. The molecule has 0 aliphatic rings. The van der Waals surface area contributed by atoms with Crippen molar-refractivity contribution >= 4 is 24.0 Å². The molecule has 0 saturated carbocycles. The van der Waals surface area contributed by atoms with Crippen molar-refractivity contribution in [2.75, 3.05) is 13.1 Å². The van der Waals surface area contributed by atoms with Crippen LogP contribution in [-0.4, -0.2) is 49.3 Å². The molecule has 0 aliphatic heterocycles. The molecule has 2 rings (SSSR count). The van der Waals surface area contributed by atoms with Gasteiger partial charge in [0.2, 0.25) is 12.2 Å². The molecule has 2 aromatic rings. The van der Waals surface area contributed by atoms with Crippen LogP contribution in [-0.2, 0) is 19.1 Å². The lowest BCUT2D eigenvalue weighted by molar-refractivity contribution is -0.147. The van der Waals surface area contributed by atoms with Gasteiger partial charge in [-0.2, -0.15) is 0 Å². The van der Waals surface area contributed by atoms with E-state index in [1.54, 1.807) is 13.8 Å². The molecule has 0 radical (unpaired) electrons. The second kappa shape index (κ2) is 15.5. The maximum Gasteiger partial charge on any atom is 0.408 e. The number of alkyl carbamates (subject to hydrolysis) is 2. The van der Waals surface area contributed by atoms with Gasteiger partial charge in [-0.1, -0.05) is 72.8 Å². The lowest BCUT2D eigenvalue weighted by Gasteiger charge is -2.28. The molecule has 4 N–H and O–H groups in total. The summed E-state index contributed by atoms with van der Waals surface area (Å²) in [5.74, 6) is -1.67. The van der Waals surface area contributed by atoms with E-state index < -0.39 is 48.3 Å². The zero-order valence-electron chi connectivity index (χ0n) is 21.5. The highest BCUT2D eigenvalue weighted by Crippen LogP contribution is 2.16. The van der Waals surface area contributed by atoms with Crippen molar-refractivity contribution < 1.29 is 28.7 Å². The van der Waals surface area contributed by atoms with Crippen molar-refractivity contribution in [3.05, 3.63) is 97.1 Å². The summed E-state index contributed by atoms with van der Waals surface area (Å²) in [4.78, 5) is 51.7. The van der Waals surface area contributed by atoms with E-state index >= 15 is 0 Å². The van der Waals surface area contributed by atoms with Crippen LogP contribution in [0.1, 0.15) is 37.1 Å². The van der Waals surface area contributed by atoms with Crippen molar-refractivity contribution in [1.29, 1.82) is 0 Å². The molecular weight excluding hydrogens is 488 g/mol. The molecule has 0 heterocycles. The molecule has 0 bridgehead atoms. The number of amides is 4. The number of hydrogen-bond donors (Lipinski definition) is 4. The number of benzene rings is 2. The molecule has 4 amide bonds. The van der Waals surface area contributed by atoms with Crippen LogP contribution in [0.15, 0.2) is 86.0 Å². The van der Waals surface area contributed by atoms with Crippen LogP contribution < -0.4 is 21.3 Å². The van der Waals surface area contributed by atoms with Gasteiger partial charge in [0.25, 0.3) is 11.8 Å². The van der Waals surface area contributed by atoms with E-state index in [-0.39, 0.29) is 13.1 Å². The van der Waals surface area contributed by atoms with Crippen LogP contribution >= 0.6 is 0 Å². The van der Waals surface area contributed by atoms with Gasteiger partial charge in [-0.25, -0.2) is 9.59 Å². The van der Waals surface area contributed by atoms with E-state index in [2.05, 4.69) is 34.4 Å². The Balaban J connectivity index is 2.36. The maximum absolute atomic E-state index is 13.4. The van der Waals surface area contributed by atoms with Gasteiger partial charge in [0.1, 0.15) is 0 Å². The fourth-order valence-corrected chi connectivity index (χ4v) is 3.37. The highest BCUT2D eigenvalue weighted by molar-refractivity contribution is 5.94. The van der Waals surface area contributed by atoms with Gasteiger partial charge in [0.05, 0.1) is 12.1 Å². The molecule has 0 saturated heterocycles. The third kappa shape index (κ3) is 9.45. The summed E-state index contributed by atoms with van der Waals surface area (Å²) in [6.45, 7) is 10.6. The Bertz CT molecular complexity index is 1010. The number of rotatable bonds is 13. The Morgan fingerprint density at radius 1 is 0.684 bits per heavy atom. The molecule has 202 valence electrons. The minimum atomic E-state index is -1.82. The Labute approximate surface area is 222 Å².